The Kier molecular flexibility index (Phi) is 8.76. The van der Waals surface area contributed by atoms with Crippen LogP contribution in [-0.4, -0.2) is 59.6 Å². The van der Waals surface area contributed by atoms with E-state index in [0.717, 1.165) is 19.2 Å². The molecule has 1 aliphatic rings. The number of piperidine rings is 1. The number of amides is 1. The van der Waals surface area contributed by atoms with Gasteiger partial charge >= 0.3 is 12.1 Å². The SMILES string of the molecule is CCOC(=O)c1cc(Oc2ccc3c(C(=O)Nc4ccc(OC5CCN(C)CC5)c(C(F)(F)F)c4)cccc3c2)ncn1. The third-order valence-electron chi connectivity index (χ3n) is 6.95. The molecule has 1 aromatic heterocycles. The van der Waals surface area contributed by atoms with E-state index >= 15 is 0 Å². The Morgan fingerprint density at radius 2 is 1.81 bits per heavy atom. The van der Waals surface area contributed by atoms with Gasteiger partial charge in [0.05, 0.1) is 12.2 Å². The first-order valence-electron chi connectivity index (χ1n) is 13.7. The van der Waals surface area contributed by atoms with Gasteiger partial charge in [0.15, 0.2) is 5.69 Å². The average Bonchev–Trinajstić information content (AvgIpc) is 2.98. The van der Waals surface area contributed by atoms with Crippen molar-refractivity contribution in [3.8, 4) is 17.4 Å². The van der Waals surface area contributed by atoms with Crippen LogP contribution in [0.3, 0.4) is 0 Å². The number of likely N-dealkylation sites (tertiary alicyclic amines) is 1. The zero-order valence-electron chi connectivity index (χ0n) is 23.5. The molecule has 0 spiro atoms. The third-order valence-corrected chi connectivity index (χ3v) is 6.95. The number of anilines is 1. The number of hydrogen-bond acceptors (Lipinski definition) is 8. The molecule has 1 fully saturated rings. The minimum absolute atomic E-state index is 0.00817. The van der Waals surface area contributed by atoms with Gasteiger partial charge in [0.2, 0.25) is 5.88 Å². The fraction of sp³-hybridized carbons (Fsp3) is 0.290. The standard InChI is InChI=1S/C31H29F3N4O5/c1-3-41-30(40)26-17-28(36-18-35-26)43-22-8-9-23-19(15-22)5-4-6-24(23)29(39)37-20-7-10-27(25(16-20)31(32,33)34)42-21-11-13-38(2)14-12-21/h4-10,15-18,21H,3,11-14H2,1-2H3,(H,37,39). The maximum Gasteiger partial charge on any atom is 0.420 e. The van der Waals surface area contributed by atoms with E-state index in [4.69, 9.17) is 14.2 Å². The average molecular weight is 595 g/mol. The van der Waals surface area contributed by atoms with Crippen LogP contribution in [0.5, 0.6) is 17.4 Å². The number of halogens is 3. The van der Waals surface area contributed by atoms with Crippen LogP contribution in [0.2, 0.25) is 0 Å². The lowest BCUT2D eigenvalue weighted by Gasteiger charge is -2.30. The Morgan fingerprint density at radius 3 is 2.56 bits per heavy atom. The molecule has 1 N–H and O–H groups in total. The van der Waals surface area contributed by atoms with Gasteiger partial charge in [-0.1, -0.05) is 12.1 Å². The third kappa shape index (κ3) is 7.20. The van der Waals surface area contributed by atoms with Crippen LogP contribution < -0.4 is 14.8 Å². The summed E-state index contributed by atoms with van der Waals surface area (Å²) in [6.07, 6.45) is -2.53. The van der Waals surface area contributed by atoms with Crippen molar-refractivity contribution >= 4 is 28.3 Å². The molecule has 9 nitrogen and oxygen atoms in total. The first-order valence-corrected chi connectivity index (χ1v) is 13.7. The highest BCUT2D eigenvalue weighted by atomic mass is 19.4. The molecule has 43 heavy (non-hydrogen) atoms. The predicted molar refractivity (Wildman–Crippen MR) is 153 cm³/mol. The van der Waals surface area contributed by atoms with E-state index in [1.54, 1.807) is 43.3 Å². The predicted octanol–water partition coefficient (Wildman–Crippen LogP) is 6.34. The van der Waals surface area contributed by atoms with Gasteiger partial charge in [-0.3, -0.25) is 4.79 Å². The highest BCUT2D eigenvalue weighted by Crippen LogP contribution is 2.39. The summed E-state index contributed by atoms with van der Waals surface area (Å²) in [5.41, 5.74) is -0.650. The van der Waals surface area contributed by atoms with Gasteiger partial charge in [0, 0.05) is 30.4 Å². The quantitative estimate of drug-likeness (QED) is 0.236. The summed E-state index contributed by atoms with van der Waals surface area (Å²) in [5.74, 6) is -0.934. The molecule has 0 radical (unpaired) electrons. The van der Waals surface area contributed by atoms with Crippen LogP contribution in [0.25, 0.3) is 10.8 Å². The summed E-state index contributed by atoms with van der Waals surface area (Å²) in [6.45, 7) is 3.37. The summed E-state index contributed by atoms with van der Waals surface area (Å²) in [4.78, 5) is 35.2. The van der Waals surface area contributed by atoms with Crippen LogP contribution in [0.15, 0.2) is 67.0 Å². The highest BCUT2D eigenvalue weighted by molar-refractivity contribution is 6.13. The number of aromatic nitrogens is 2. The van der Waals surface area contributed by atoms with Gasteiger partial charge in [0.25, 0.3) is 5.91 Å². The number of fused-ring (bicyclic) bond motifs is 1. The van der Waals surface area contributed by atoms with Crippen LogP contribution in [-0.2, 0) is 10.9 Å². The largest absolute Gasteiger partial charge is 0.490 e. The minimum Gasteiger partial charge on any atom is -0.490 e. The Morgan fingerprint density at radius 1 is 1.02 bits per heavy atom. The normalized spacial score (nSPS) is 14.3. The van der Waals surface area contributed by atoms with E-state index in [-0.39, 0.29) is 41.3 Å². The van der Waals surface area contributed by atoms with Crippen LogP contribution in [0, 0.1) is 0 Å². The Balaban J connectivity index is 1.34. The van der Waals surface area contributed by atoms with Crippen molar-refractivity contribution in [1.82, 2.24) is 14.9 Å². The molecule has 2 heterocycles. The summed E-state index contributed by atoms with van der Waals surface area (Å²) in [6, 6.07) is 14.9. The molecule has 0 aliphatic carbocycles. The van der Waals surface area contributed by atoms with Crippen molar-refractivity contribution in [3.05, 3.63) is 83.8 Å². The maximum atomic E-state index is 14.0. The van der Waals surface area contributed by atoms with Crippen molar-refractivity contribution in [3.63, 3.8) is 0 Å². The van der Waals surface area contributed by atoms with Crippen LogP contribution in [0.1, 0.15) is 46.2 Å². The molecule has 0 unspecified atom stereocenters. The van der Waals surface area contributed by atoms with Crippen molar-refractivity contribution < 1.29 is 37.0 Å². The lowest BCUT2D eigenvalue weighted by atomic mass is 10.0. The molecule has 1 aliphatic heterocycles. The summed E-state index contributed by atoms with van der Waals surface area (Å²) < 4.78 is 58.4. The number of carbonyl (C=O) groups is 2. The molecule has 224 valence electrons. The van der Waals surface area contributed by atoms with E-state index < -0.39 is 23.6 Å². The first kappa shape index (κ1) is 29.8. The molecular formula is C31H29F3N4O5. The first-order chi connectivity index (χ1) is 20.6. The van der Waals surface area contributed by atoms with E-state index in [2.05, 4.69) is 20.2 Å². The molecule has 12 heteroatoms. The highest BCUT2D eigenvalue weighted by Gasteiger charge is 2.36. The molecule has 3 aromatic carbocycles. The number of esters is 1. The van der Waals surface area contributed by atoms with Crippen molar-refractivity contribution in [1.29, 1.82) is 0 Å². The van der Waals surface area contributed by atoms with Gasteiger partial charge in [0.1, 0.15) is 23.9 Å². The molecule has 0 atom stereocenters. The van der Waals surface area contributed by atoms with Crippen LogP contribution in [0.4, 0.5) is 18.9 Å². The second kappa shape index (κ2) is 12.7. The lowest BCUT2D eigenvalue weighted by Crippen LogP contribution is -2.36. The molecular weight excluding hydrogens is 565 g/mol. The summed E-state index contributed by atoms with van der Waals surface area (Å²) >= 11 is 0. The van der Waals surface area contributed by atoms with Gasteiger partial charge < -0.3 is 24.4 Å². The zero-order chi connectivity index (χ0) is 30.6. The van der Waals surface area contributed by atoms with E-state index in [1.165, 1.54) is 24.5 Å². The Hall–Kier alpha value is -4.71. The topological polar surface area (TPSA) is 103 Å². The van der Waals surface area contributed by atoms with Gasteiger partial charge in [-0.2, -0.15) is 13.2 Å². The Labute approximate surface area is 245 Å². The molecule has 1 saturated heterocycles. The lowest BCUT2D eigenvalue weighted by molar-refractivity contribution is -0.139. The number of hydrogen-bond donors (Lipinski definition) is 1. The second-order valence-corrected chi connectivity index (χ2v) is 10.0. The van der Waals surface area contributed by atoms with Crippen LogP contribution >= 0.6 is 0 Å². The number of ether oxygens (including phenoxy) is 3. The monoisotopic (exact) mass is 594 g/mol. The molecule has 1 amide bonds. The Bertz CT molecular complexity index is 1640. The summed E-state index contributed by atoms with van der Waals surface area (Å²) in [7, 11) is 1.96. The molecule has 5 rings (SSSR count). The smallest absolute Gasteiger partial charge is 0.420 e. The van der Waals surface area contributed by atoms with Crippen molar-refractivity contribution in [2.24, 2.45) is 0 Å². The van der Waals surface area contributed by atoms with Gasteiger partial charge in [-0.05, 0) is 80.1 Å². The molecule has 4 aromatic rings. The van der Waals surface area contributed by atoms with Gasteiger partial charge in [-0.15, -0.1) is 0 Å². The molecule has 0 bridgehead atoms. The fourth-order valence-electron chi connectivity index (χ4n) is 4.77. The zero-order valence-corrected chi connectivity index (χ0v) is 23.5. The van der Waals surface area contributed by atoms with Crippen molar-refractivity contribution in [2.45, 2.75) is 32.0 Å². The summed E-state index contributed by atoms with van der Waals surface area (Å²) in [5, 5.41) is 3.79. The number of alkyl halides is 3. The van der Waals surface area contributed by atoms with E-state index in [1.807, 2.05) is 7.05 Å². The maximum absolute atomic E-state index is 14.0. The number of carbonyl (C=O) groups excluding carboxylic acids is 2. The van der Waals surface area contributed by atoms with Gasteiger partial charge in [-0.25, -0.2) is 14.8 Å². The van der Waals surface area contributed by atoms with Crippen molar-refractivity contribution in [2.75, 3.05) is 32.1 Å². The number of benzene rings is 3. The molecule has 0 saturated carbocycles. The minimum atomic E-state index is -4.67. The fourth-order valence-corrected chi connectivity index (χ4v) is 4.77. The number of rotatable bonds is 8. The second-order valence-electron chi connectivity index (χ2n) is 10.0. The van der Waals surface area contributed by atoms with E-state index in [0.29, 0.717) is 29.4 Å². The number of nitrogens with zero attached hydrogens (tertiary/aromatic N) is 3. The number of nitrogens with one attached hydrogen (secondary N) is 1. The van der Waals surface area contributed by atoms with E-state index in [9.17, 15) is 22.8 Å².